The van der Waals surface area contributed by atoms with Crippen LogP contribution in [0.25, 0.3) is 0 Å². The third-order valence-corrected chi connectivity index (χ3v) is 3.54. The van der Waals surface area contributed by atoms with Crippen LogP contribution in [0, 0.1) is 12.8 Å². The highest BCUT2D eigenvalue weighted by molar-refractivity contribution is 5.21. The minimum absolute atomic E-state index is 0.0320. The quantitative estimate of drug-likeness (QED) is 0.802. The Morgan fingerprint density at radius 1 is 1.20 bits per heavy atom. The molecule has 0 aliphatic heterocycles. The van der Waals surface area contributed by atoms with Crippen molar-refractivity contribution in [3.05, 3.63) is 35.4 Å². The van der Waals surface area contributed by atoms with E-state index in [1.54, 1.807) is 0 Å². The van der Waals surface area contributed by atoms with Crippen LogP contribution in [0.4, 0.5) is 0 Å². The minimum Gasteiger partial charge on any atom is -0.393 e. The Kier molecular flexibility index (Phi) is 3.42. The van der Waals surface area contributed by atoms with Crippen LogP contribution in [0.2, 0.25) is 0 Å². The van der Waals surface area contributed by atoms with Crippen LogP contribution in [-0.4, -0.2) is 11.2 Å². The predicted molar refractivity (Wildman–Crippen MR) is 62.8 cm³/mol. The molecule has 1 aliphatic rings. The topological polar surface area (TPSA) is 20.2 Å². The fourth-order valence-corrected chi connectivity index (χ4v) is 2.46. The van der Waals surface area contributed by atoms with Crippen molar-refractivity contribution in [2.24, 2.45) is 5.92 Å². The highest BCUT2D eigenvalue weighted by atomic mass is 16.3. The van der Waals surface area contributed by atoms with Crippen molar-refractivity contribution < 1.29 is 5.11 Å². The van der Waals surface area contributed by atoms with Crippen LogP contribution >= 0.6 is 0 Å². The molecule has 0 heterocycles. The Balaban J connectivity index is 1.85. The number of aliphatic hydroxyl groups excluding tert-OH is 1. The lowest BCUT2D eigenvalue weighted by molar-refractivity contribution is 0.128. The SMILES string of the molecule is Cc1ccc(CCC2CCCC2O)cc1. The van der Waals surface area contributed by atoms with Gasteiger partial charge in [0.25, 0.3) is 0 Å². The summed E-state index contributed by atoms with van der Waals surface area (Å²) in [6.45, 7) is 2.12. The monoisotopic (exact) mass is 204 g/mol. The van der Waals surface area contributed by atoms with Crippen LogP contribution in [0.15, 0.2) is 24.3 Å². The van der Waals surface area contributed by atoms with Gasteiger partial charge in [0.2, 0.25) is 0 Å². The largest absolute Gasteiger partial charge is 0.393 e. The molecule has 1 nitrogen and oxygen atoms in total. The molecular formula is C14H20O. The lowest BCUT2D eigenvalue weighted by Crippen LogP contribution is -2.13. The molecule has 15 heavy (non-hydrogen) atoms. The smallest absolute Gasteiger partial charge is 0.0568 e. The molecule has 1 N–H and O–H groups in total. The molecule has 2 rings (SSSR count). The van der Waals surface area contributed by atoms with Gasteiger partial charge in [-0.05, 0) is 44.1 Å². The molecule has 1 aliphatic carbocycles. The summed E-state index contributed by atoms with van der Waals surface area (Å²) in [5, 5.41) is 9.71. The molecule has 0 bridgehead atoms. The van der Waals surface area contributed by atoms with E-state index in [0.717, 1.165) is 19.3 Å². The van der Waals surface area contributed by atoms with Crippen LogP contribution < -0.4 is 0 Å². The van der Waals surface area contributed by atoms with Crippen molar-refractivity contribution in [2.45, 2.75) is 45.1 Å². The van der Waals surface area contributed by atoms with E-state index in [-0.39, 0.29) is 6.10 Å². The molecule has 1 aromatic carbocycles. The second-order valence-electron chi connectivity index (χ2n) is 4.78. The van der Waals surface area contributed by atoms with E-state index in [4.69, 9.17) is 0 Å². The van der Waals surface area contributed by atoms with Crippen molar-refractivity contribution in [2.75, 3.05) is 0 Å². The first-order valence-corrected chi connectivity index (χ1v) is 5.99. The third-order valence-electron chi connectivity index (χ3n) is 3.54. The summed E-state index contributed by atoms with van der Waals surface area (Å²) in [7, 11) is 0. The Bertz CT molecular complexity index is 302. The van der Waals surface area contributed by atoms with Gasteiger partial charge in [-0.1, -0.05) is 36.2 Å². The summed E-state index contributed by atoms with van der Waals surface area (Å²) in [4.78, 5) is 0. The molecule has 0 aromatic heterocycles. The Morgan fingerprint density at radius 2 is 1.93 bits per heavy atom. The maximum atomic E-state index is 9.71. The van der Waals surface area contributed by atoms with Crippen molar-refractivity contribution in [3.63, 3.8) is 0 Å². The standard InChI is InChI=1S/C14H20O/c1-11-5-7-12(8-6-11)9-10-13-3-2-4-14(13)15/h5-8,13-15H,2-4,9-10H2,1H3. The second kappa shape index (κ2) is 4.80. The van der Waals surface area contributed by atoms with Crippen molar-refractivity contribution in [1.82, 2.24) is 0 Å². The Morgan fingerprint density at radius 3 is 2.53 bits per heavy atom. The van der Waals surface area contributed by atoms with E-state index in [1.165, 1.54) is 24.0 Å². The molecule has 0 amide bonds. The van der Waals surface area contributed by atoms with Crippen LogP contribution in [-0.2, 0) is 6.42 Å². The van der Waals surface area contributed by atoms with Gasteiger partial charge in [0.15, 0.2) is 0 Å². The first-order chi connectivity index (χ1) is 7.25. The lowest BCUT2D eigenvalue weighted by atomic mass is 9.96. The number of aryl methyl sites for hydroxylation is 2. The average Bonchev–Trinajstić information content (AvgIpc) is 2.63. The van der Waals surface area contributed by atoms with Gasteiger partial charge in [-0.2, -0.15) is 0 Å². The zero-order valence-corrected chi connectivity index (χ0v) is 9.45. The number of hydrogen-bond donors (Lipinski definition) is 1. The van der Waals surface area contributed by atoms with Gasteiger partial charge in [0.05, 0.1) is 6.10 Å². The van der Waals surface area contributed by atoms with Gasteiger partial charge < -0.3 is 5.11 Å². The van der Waals surface area contributed by atoms with Gasteiger partial charge in [0.1, 0.15) is 0 Å². The molecule has 2 atom stereocenters. The molecule has 2 unspecified atom stereocenters. The Hall–Kier alpha value is -0.820. The Labute approximate surface area is 92.1 Å². The maximum absolute atomic E-state index is 9.71. The number of rotatable bonds is 3. The molecule has 0 radical (unpaired) electrons. The predicted octanol–water partition coefficient (Wildman–Crippen LogP) is 3.09. The third kappa shape index (κ3) is 2.82. The van der Waals surface area contributed by atoms with E-state index in [1.807, 2.05) is 0 Å². The fraction of sp³-hybridized carbons (Fsp3) is 0.571. The van der Waals surface area contributed by atoms with E-state index in [2.05, 4.69) is 31.2 Å². The van der Waals surface area contributed by atoms with Gasteiger partial charge >= 0.3 is 0 Å². The van der Waals surface area contributed by atoms with Gasteiger partial charge in [-0.3, -0.25) is 0 Å². The first kappa shape index (κ1) is 10.7. The molecule has 0 spiro atoms. The first-order valence-electron chi connectivity index (χ1n) is 5.99. The number of hydrogen-bond acceptors (Lipinski definition) is 1. The molecular weight excluding hydrogens is 184 g/mol. The summed E-state index contributed by atoms with van der Waals surface area (Å²) in [5.74, 6) is 0.548. The van der Waals surface area contributed by atoms with Crippen molar-refractivity contribution >= 4 is 0 Å². The number of aliphatic hydroxyl groups is 1. The fourth-order valence-electron chi connectivity index (χ4n) is 2.46. The van der Waals surface area contributed by atoms with E-state index in [0.29, 0.717) is 5.92 Å². The summed E-state index contributed by atoms with van der Waals surface area (Å²) < 4.78 is 0. The van der Waals surface area contributed by atoms with Crippen molar-refractivity contribution in [3.8, 4) is 0 Å². The van der Waals surface area contributed by atoms with Gasteiger partial charge in [0, 0.05) is 0 Å². The van der Waals surface area contributed by atoms with E-state index >= 15 is 0 Å². The normalized spacial score (nSPS) is 25.7. The van der Waals surface area contributed by atoms with Crippen LogP contribution in [0.3, 0.4) is 0 Å². The molecule has 82 valence electrons. The summed E-state index contributed by atoms with van der Waals surface area (Å²) in [6, 6.07) is 8.74. The maximum Gasteiger partial charge on any atom is 0.0568 e. The van der Waals surface area contributed by atoms with Crippen LogP contribution in [0.1, 0.15) is 36.8 Å². The van der Waals surface area contributed by atoms with Gasteiger partial charge in [-0.15, -0.1) is 0 Å². The van der Waals surface area contributed by atoms with E-state index in [9.17, 15) is 5.11 Å². The molecule has 1 fully saturated rings. The zero-order chi connectivity index (χ0) is 10.7. The van der Waals surface area contributed by atoms with E-state index < -0.39 is 0 Å². The minimum atomic E-state index is -0.0320. The highest BCUT2D eigenvalue weighted by Crippen LogP contribution is 2.29. The molecule has 0 saturated heterocycles. The molecule has 1 aromatic rings. The summed E-state index contributed by atoms with van der Waals surface area (Å²) in [5.41, 5.74) is 2.72. The molecule has 1 heteroatoms. The van der Waals surface area contributed by atoms with Gasteiger partial charge in [-0.25, -0.2) is 0 Å². The summed E-state index contributed by atoms with van der Waals surface area (Å²) in [6.07, 6.45) is 5.66. The number of benzene rings is 1. The summed E-state index contributed by atoms with van der Waals surface area (Å²) >= 11 is 0. The lowest BCUT2D eigenvalue weighted by Gasteiger charge is -2.13. The molecule has 1 saturated carbocycles. The van der Waals surface area contributed by atoms with Crippen molar-refractivity contribution in [1.29, 1.82) is 0 Å². The average molecular weight is 204 g/mol. The second-order valence-corrected chi connectivity index (χ2v) is 4.78. The zero-order valence-electron chi connectivity index (χ0n) is 9.45. The highest BCUT2D eigenvalue weighted by Gasteiger charge is 2.24. The van der Waals surface area contributed by atoms with Crippen LogP contribution in [0.5, 0.6) is 0 Å².